The summed E-state index contributed by atoms with van der Waals surface area (Å²) in [4.78, 5) is 1.56. The molecule has 0 aliphatic heterocycles. The number of nitrogens with one attached hydrogen (secondary N) is 1. The number of benzene rings is 1. The Morgan fingerprint density at radius 3 is 2.47 bits per heavy atom. The molecule has 0 saturated heterocycles. The summed E-state index contributed by atoms with van der Waals surface area (Å²) in [5.41, 5.74) is 0. The maximum absolute atomic E-state index is 13.3. The Hall–Kier alpha value is -0.980. The Morgan fingerprint density at radius 1 is 1.35 bits per heavy atom. The van der Waals surface area contributed by atoms with Gasteiger partial charge in [0.15, 0.2) is 0 Å². The summed E-state index contributed by atoms with van der Waals surface area (Å²) in [7, 11) is -0.0727. The minimum Gasteiger partial charge on any atom is -0.305 e. The summed E-state index contributed by atoms with van der Waals surface area (Å²) in [6.07, 6.45) is 0. The first kappa shape index (κ1) is 14.1. The average Bonchev–Trinajstić information content (AvgIpc) is 2.26. The van der Waals surface area contributed by atoms with E-state index in [1.165, 1.54) is 18.2 Å². The number of halogens is 1. The van der Waals surface area contributed by atoms with Gasteiger partial charge in [-0.25, -0.2) is 17.5 Å². The molecule has 1 N–H and O–H groups in total. The summed E-state index contributed by atoms with van der Waals surface area (Å²) < 4.78 is 39.3. The fraction of sp³-hybridized carbons (Fsp3) is 0.455. The lowest BCUT2D eigenvalue weighted by atomic mass is 10.3. The van der Waals surface area contributed by atoms with E-state index in [-0.39, 0.29) is 17.5 Å². The quantitative estimate of drug-likeness (QED) is 0.861. The maximum atomic E-state index is 13.3. The van der Waals surface area contributed by atoms with Crippen LogP contribution in [0.4, 0.5) is 4.39 Å². The highest BCUT2D eigenvalue weighted by molar-refractivity contribution is 7.89. The largest absolute Gasteiger partial charge is 0.305 e. The predicted octanol–water partition coefficient (Wildman–Crippen LogP) is 1.05. The standard InChI is InChI=1S/C11H17FN2O2S/c1-9(14(2)3)8-13-17(15,16)11-7-5-4-6-10(11)12/h4-7,9,13H,8H2,1-3H3. The van der Waals surface area contributed by atoms with Gasteiger partial charge >= 0.3 is 0 Å². The number of rotatable bonds is 5. The van der Waals surface area contributed by atoms with E-state index in [1.54, 1.807) is 0 Å². The molecule has 17 heavy (non-hydrogen) atoms. The van der Waals surface area contributed by atoms with E-state index in [9.17, 15) is 12.8 Å². The lowest BCUT2D eigenvalue weighted by Gasteiger charge is -2.20. The highest BCUT2D eigenvalue weighted by atomic mass is 32.2. The van der Waals surface area contributed by atoms with Crippen LogP contribution in [0.25, 0.3) is 0 Å². The molecular weight excluding hydrogens is 243 g/mol. The van der Waals surface area contributed by atoms with E-state index in [0.717, 1.165) is 6.07 Å². The molecule has 4 nitrogen and oxygen atoms in total. The summed E-state index contributed by atoms with van der Waals surface area (Å²) in [6, 6.07) is 5.36. The summed E-state index contributed by atoms with van der Waals surface area (Å²) in [5.74, 6) is -0.738. The van der Waals surface area contributed by atoms with Crippen molar-refractivity contribution in [1.82, 2.24) is 9.62 Å². The monoisotopic (exact) mass is 260 g/mol. The third-order valence-corrected chi connectivity index (χ3v) is 4.03. The Morgan fingerprint density at radius 2 is 1.94 bits per heavy atom. The summed E-state index contributed by atoms with van der Waals surface area (Å²) in [5, 5.41) is 0. The molecule has 0 amide bonds. The van der Waals surface area contributed by atoms with Crippen LogP contribution >= 0.6 is 0 Å². The molecule has 1 aromatic rings. The van der Waals surface area contributed by atoms with E-state index in [0.29, 0.717) is 0 Å². The molecule has 0 bridgehead atoms. The van der Waals surface area contributed by atoms with Crippen LogP contribution in [0.5, 0.6) is 0 Å². The van der Waals surface area contributed by atoms with Gasteiger partial charge in [0.2, 0.25) is 10.0 Å². The fourth-order valence-electron chi connectivity index (χ4n) is 1.15. The zero-order valence-electron chi connectivity index (χ0n) is 10.1. The Balaban J connectivity index is 2.80. The van der Waals surface area contributed by atoms with E-state index in [4.69, 9.17) is 0 Å². The number of hydrogen-bond donors (Lipinski definition) is 1. The van der Waals surface area contributed by atoms with Gasteiger partial charge in [-0.05, 0) is 33.2 Å². The molecule has 0 fully saturated rings. The Bertz CT molecular complexity index is 474. The first-order chi connectivity index (χ1) is 7.84. The molecule has 0 spiro atoms. The van der Waals surface area contributed by atoms with Gasteiger partial charge in [-0.15, -0.1) is 0 Å². The van der Waals surface area contributed by atoms with Crippen LogP contribution in [0.2, 0.25) is 0 Å². The first-order valence-corrected chi connectivity index (χ1v) is 6.73. The van der Waals surface area contributed by atoms with E-state index >= 15 is 0 Å². The van der Waals surface area contributed by atoms with Crippen molar-refractivity contribution in [3.63, 3.8) is 0 Å². The molecule has 1 atom stereocenters. The van der Waals surface area contributed by atoms with Gasteiger partial charge in [-0.1, -0.05) is 12.1 Å². The third kappa shape index (κ3) is 3.76. The molecule has 0 aromatic heterocycles. The highest BCUT2D eigenvalue weighted by Crippen LogP contribution is 2.12. The predicted molar refractivity (Wildman–Crippen MR) is 64.7 cm³/mol. The van der Waals surface area contributed by atoms with Crippen LogP contribution in [0, 0.1) is 5.82 Å². The number of sulfonamides is 1. The lowest BCUT2D eigenvalue weighted by molar-refractivity contribution is 0.313. The van der Waals surface area contributed by atoms with Crippen molar-refractivity contribution < 1.29 is 12.8 Å². The van der Waals surface area contributed by atoms with Gasteiger partial charge in [0.1, 0.15) is 10.7 Å². The smallest absolute Gasteiger partial charge is 0.243 e. The molecule has 0 radical (unpaired) electrons. The molecular formula is C11H17FN2O2S. The molecule has 0 saturated carbocycles. The van der Waals surface area contributed by atoms with Crippen molar-refractivity contribution in [1.29, 1.82) is 0 Å². The SMILES string of the molecule is CC(CNS(=O)(=O)c1ccccc1F)N(C)C. The van der Waals surface area contributed by atoms with Crippen LogP contribution in [0.15, 0.2) is 29.2 Å². The van der Waals surface area contributed by atoms with Crippen molar-refractivity contribution in [2.24, 2.45) is 0 Å². The first-order valence-electron chi connectivity index (χ1n) is 5.25. The third-order valence-electron chi connectivity index (χ3n) is 2.58. The van der Waals surface area contributed by atoms with Crippen LogP contribution in [-0.4, -0.2) is 40.0 Å². The van der Waals surface area contributed by atoms with Crippen LogP contribution in [-0.2, 0) is 10.0 Å². The molecule has 1 rings (SSSR count). The van der Waals surface area contributed by atoms with Crippen molar-refractivity contribution in [3.05, 3.63) is 30.1 Å². The van der Waals surface area contributed by atoms with Gasteiger partial charge < -0.3 is 4.90 Å². The average molecular weight is 260 g/mol. The molecule has 96 valence electrons. The van der Waals surface area contributed by atoms with Crippen molar-refractivity contribution in [2.75, 3.05) is 20.6 Å². The van der Waals surface area contributed by atoms with Crippen LogP contribution in [0.1, 0.15) is 6.92 Å². The lowest BCUT2D eigenvalue weighted by Crippen LogP contribution is -2.38. The Labute approximate surface area is 101 Å². The fourth-order valence-corrected chi connectivity index (χ4v) is 2.35. The van der Waals surface area contributed by atoms with Crippen LogP contribution < -0.4 is 4.72 Å². The van der Waals surface area contributed by atoms with Gasteiger partial charge in [0.25, 0.3) is 0 Å². The van der Waals surface area contributed by atoms with Gasteiger partial charge in [0.05, 0.1) is 0 Å². The number of likely N-dealkylation sites (N-methyl/N-ethyl adjacent to an activating group) is 1. The normalized spacial score (nSPS) is 13.9. The van der Waals surface area contributed by atoms with Gasteiger partial charge in [-0.3, -0.25) is 0 Å². The van der Waals surface area contributed by atoms with E-state index < -0.39 is 15.8 Å². The van der Waals surface area contributed by atoms with Gasteiger partial charge in [-0.2, -0.15) is 0 Å². The van der Waals surface area contributed by atoms with Crippen molar-refractivity contribution in [3.8, 4) is 0 Å². The maximum Gasteiger partial charge on any atom is 0.243 e. The molecule has 0 heterocycles. The zero-order valence-corrected chi connectivity index (χ0v) is 11.0. The summed E-state index contributed by atoms with van der Waals surface area (Å²) in [6.45, 7) is 2.12. The van der Waals surface area contributed by atoms with E-state index in [1.807, 2.05) is 25.9 Å². The zero-order chi connectivity index (χ0) is 13.1. The molecule has 0 aliphatic carbocycles. The second-order valence-electron chi connectivity index (χ2n) is 4.09. The minimum atomic E-state index is -3.77. The molecule has 1 unspecified atom stereocenters. The van der Waals surface area contributed by atoms with E-state index in [2.05, 4.69) is 4.72 Å². The number of nitrogens with zero attached hydrogens (tertiary/aromatic N) is 1. The van der Waals surface area contributed by atoms with Crippen molar-refractivity contribution >= 4 is 10.0 Å². The van der Waals surface area contributed by atoms with Gasteiger partial charge in [0, 0.05) is 12.6 Å². The highest BCUT2D eigenvalue weighted by Gasteiger charge is 2.19. The minimum absolute atomic E-state index is 0.0385. The molecule has 0 aliphatic rings. The van der Waals surface area contributed by atoms with Crippen LogP contribution in [0.3, 0.4) is 0 Å². The topological polar surface area (TPSA) is 49.4 Å². The summed E-state index contributed by atoms with van der Waals surface area (Å²) >= 11 is 0. The Kier molecular flexibility index (Phi) is 4.62. The van der Waals surface area contributed by atoms with Crippen molar-refractivity contribution in [2.45, 2.75) is 17.9 Å². The number of hydrogen-bond acceptors (Lipinski definition) is 3. The second-order valence-corrected chi connectivity index (χ2v) is 5.83. The molecule has 1 aromatic carbocycles. The second kappa shape index (κ2) is 5.57. The molecule has 6 heteroatoms.